The highest BCUT2D eigenvalue weighted by molar-refractivity contribution is 6.30. The first-order chi connectivity index (χ1) is 7.66. The largest absolute Gasteiger partial charge is 0.317 e. The highest BCUT2D eigenvalue weighted by Crippen LogP contribution is 2.24. The maximum atomic E-state index is 13.2. The molecule has 0 spiro atoms. The lowest BCUT2D eigenvalue weighted by molar-refractivity contribution is 0.372. The summed E-state index contributed by atoms with van der Waals surface area (Å²) in [6.07, 6.45) is 3.43. The normalized spacial score (nSPS) is 17.7. The Morgan fingerprint density at radius 1 is 1.38 bits per heavy atom. The second-order valence-electron chi connectivity index (χ2n) is 4.59. The molecular weight excluding hydrogens is 225 g/mol. The van der Waals surface area contributed by atoms with Crippen LogP contribution in [0, 0.1) is 18.7 Å². The van der Waals surface area contributed by atoms with Crippen LogP contribution < -0.4 is 5.32 Å². The number of rotatable bonds is 2. The first-order valence-corrected chi connectivity index (χ1v) is 6.20. The molecule has 1 aliphatic heterocycles. The Bertz CT molecular complexity index is 372. The quantitative estimate of drug-likeness (QED) is 0.838. The van der Waals surface area contributed by atoms with Gasteiger partial charge in [0.05, 0.1) is 5.02 Å². The van der Waals surface area contributed by atoms with Crippen molar-refractivity contribution in [2.75, 3.05) is 13.1 Å². The van der Waals surface area contributed by atoms with Gasteiger partial charge in [-0.05, 0) is 68.5 Å². The molecule has 0 aliphatic carbocycles. The number of halogens is 2. The molecule has 3 heteroatoms. The van der Waals surface area contributed by atoms with E-state index in [0.717, 1.165) is 25.1 Å². The SMILES string of the molecule is Cc1cc(F)c(Cl)cc1CC1CCNCC1. The highest BCUT2D eigenvalue weighted by Gasteiger charge is 2.15. The molecule has 1 heterocycles. The Kier molecular flexibility index (Phi) is 3.82. The Labute approximate surface area is 101 Å². The maximum Gasteiger partial charge on any atom is 0.142 e. The lowest BCUT2D eigenvalue weighted by Crippen LogP contribution is -2.28. The number of hydrogen-bond acceptors (Lipinski definition) is 1. The summed E-state index contributed by atoms with van der Waals surface area (Å²) in [5.41, 5.74) is 2.21. The summed E-state index contributed by atoms with van der Waals surface area (Å²) in [5.74, 6) is 0.398. The summed E-state index contributed by atoms with van der Waals surface area (Å²) in [6.45, 7) is 4.15. The van der Waals surface area contributed by atoms with E-state index in [1.807, 2.05) is 6.92 Å². The Balaban J connectivity index is 2.11. The van der Waals surface area contributed by atoms with Crippen LogP contribution in [-0.4, -0.2) is 13.1 Å². The van der Waals surface area contributed by atoms with Gasteiger partial charge in [-0.25, -0.2) is 4.39 Å². The van der Waals surface area contributed by atoms with Crippen molar-refractivity contribution in [2.45, 2.75) is 26.2 Å². The van der Waals surface area contributed by atoms with Crippen LogP contribution in [0.15, 0.2) is 12.1 Å². The van der Waals surface area contributed by atoms with Crippen molar-refractivity contribution < 1.29 is 4.39 Å². The molecule has 1 aromatic carbocycles. The molecule has 0 radical (unpaired) electrons. The first kappa shape index (κ1) is 11.9. The maximum absolute atomic E-state index is 13.2. The summed E-state index contributed by atoms with van der Waals surface area (Å²) >= 11 is 5.82. The lowest BCUT2D eigenvalue weighted by atomic mass is 9.89. The molecule has 0 aromatic heterocycles. The van der Waals surface area contributed by atoms with E-state index in [-0.39, 0.29) is 10.8 Å². The van der Waals surface area contributed by atoms with Crippen LogP contribution in [0.5, 0.6) is 0 Å². The number of benzene rings is 1. The van der Waals surface area contributed by atoms with Crippen LogP contribution >= 0.6 is 11.6 Å². The number of nitrogens with one attached hydrogen (secondary N) is 1. The number of hydrogen-bond donors (Lipinski definition) is 1. The average Bonchev–Trinajstić information content (AvgIpc) is 2.27. The standard InChI is InChI=1S/C13H17ClFN/c1-9-6-13(15)12(14)8-11(9)7-10-2-4-16-5-3-10/h6,8,10,16H,2-5,7H2,1H3. The monoisotopic (exact) mass is 241 g/mol. The predicted molar refractivity (Wildman–Crippen MR) is 65.4 cm³/mol. The van der Waals surface area contributed by atoms with E-state index < -0.39 is 0 Å². The van der Waals surface area contributed by atoms with Crippen molar-refractivity contribution in [3.05, 3.63) is 34.1 Å². The van der Waals surface area contributed by atoms with Gasteiger partial charge in [-0.15, -0.1) is 0 Å². The third-order valence-corrected chi connectivity index (χ3v) is 3.64. The zero-order valence-electron chi connectivity index (χ0n) is 9.52. The van der Waals surface area contributed by atoms with E-state index >= 15 is 0 Å². The van der Waals surface area contributed by atoms with Gasteiger partial charge in [-0.3, -0.25) is 0 Å². The molecule has 0 saturated carbocycles. The van der Waals surface area contributed by atoms with Crippen LogP contribution in [0.2, 0.25) is 5.02 Å². The third-order valence-electron chi connectivity index (χ3n) is 3.35. The van der Waals surface area contributed by atoms with Crippen LogP contribution in [0.1, 0.15) is 24.0 Å². The lowest BCUT2D eigenvalue weighted by Gasteiger charge is -2.23. The van der Waals surface area contributed by atoms with Crippen LogP contribution in [-0.2, 0) is 6.42 Å². The fraction of sp³-hybridized carbons (Fsp3) is 0.538. The minimum Gasteiger partial charge on any atom is -0.317 e. The molecule has 1 aliphatic rings. The predicted octanol–water partition coefficient (Wildman–Crippen LogP) is 3.33. The van der Waals surface area contributed by atoms with Crippen molar-refractivity contribution in [1.29, 1.82) is 0 Å². The third kappa shape index (κ3) is 2.74. The fourth-order valence-electron chi connectivity index (χ4n) is 2.30. The van der Waals surface area contributed by atoms with E-state index in [4.69, 9.17) is 11.6 Å². The van der Waals surface area contributed by atoms with Gasteiger partial charge in [-0.2, -0.15) is 0 Å². The van der Waals surface area contributed by atoms with Gasteiger partial charge in [0, 0.05) is 0 Å². The molecule has 1 aromatic rings. The van der Waals surface area contributed by atoms with Crippen LogP contribution in [0.4, 0.5) is 4.39 Å². The molecule has 88 valence electrons. The fourth-order valence-corrected chi connectivity index (χ4v) is 2.49. The molecule has 1 N–H and O–H groups in total. The van der Waals surface area contributed by atoms with E-state index in [1.165, 1.54) is 18.4 Å². The highest BCUT2D eigenvalue weighted by atomic mass is 35.5. The minimum absolute atomic E-state index is 0.245. The summed E-state index contributed by atoms with van der Waals surface area (Å²) in [5, 5.41) is 3.59. The summed E-state index contributed by atoms with van der Waals surface area (Å²) in [7, 11) is 0. The van der Waals surface area contributed by atoms with Crippen LogP contribution in [0.3, 0.4) is 0 Å². The molecule has 16 heavy (non-hydrogen) atoms. The van der Waals surface area contributed by atoms with Gasteiger partial charge in [-0.1, -0.05) is 11.6 Å². The summed E-state index contributed by atoms with van der Waals surface area (Å²) in [6, 6.07) is 3.33. The van der Waals surface area contributed by atoms with Gasteiger partial charge in [0.1, 0.15) is 5.82 Å². The molecule has 1 fully saturated rings. The smallest absolute Gasteiger partial charge is 0.142 e. The molecule has 1 nitrogen and oxygen atoms in total. The number of aryl methyl sites for hydroxylation is 1. The minimum atomic E-state index is -0.312. The molecular formula is C13H17ClFN. The Morgan fingerprint density at radius 3 is 2.75 bits per heavy atom. The van der Waals surface area contributed by atoms with Crippen molar-refractivity contribution in [3.8, 4) is 0 Å². The van der Waals surface area contributed by atoms with E-state index in [2.05, 4.69) is 5.32 Å². The summed E-state index contributed by atoms with van der Waals surface area (Å²) < 4.78 is 13.2. The topological polar surface area (TPSA) is 12.0 Å². The average molecular weight is 242 g/mol. The van der Waals surface area contributed by atoms with E-state index in [9.17, 15) is 4.39 Å². The first-order valence-electron chi connectivity index (χ1n) is 5.82. The van der Waals surface area contributed by atoms with Gasteiger partial charge < -0.3 is 5.32 Å². The Hall–Kier alpha value is -0.600. The Morgan fingerprint density at radius 2 is 2.06 bits per heavy atom. The van der Waals surface area contributed by atoms with Gasteiger partial charge in [0.25, 0.3) is 0 Å². The summed E-state index contributed by atoms with van der Waals surface area (Å²) in [4.78, 5) is 0. The van der Waals surface area contributed by atoms with Crippen molar-refractivity contribution in [2.24, 2.45) is 5.92 Å². The van der Waals surface area contributed by atoms with E-state index in [0.29, 0.717) is 5.92 Å². The molecule has 2 rings (SSSR count). The van der Waals surface area contributed by atoms with E-state index in [1.54, 1.807) is 12.1 Å². The molecule has 0 bridgehead atoms. The second-order valence-corrected chi connectivity index (χ2v) is 5.00. The van der Waals surface area contributed by atoms with Gasteiger partial charge in [0.15, 0.2) is 0 Å². The van der Waals surface area contributed by atoms with Crippen molar-refractivity contribution in [3.63, 3.8) is 0 Å². The second kappa shape index (κ2) is 5.15. The number of piperidine rings is 1. The van der Waals surface area contributed by atoms with Gasteiger partial charge >= 0.3 is 0 Å². The molecule has 0 amide bonds. The zero-order valence-corrected chi connectivity index (χ0v) is 10.3. The van der Waals surface area contributed by atoms with Crippen molar-refractivity contribution in [1.82, 2.24) is 5.32 Å². The molecule has 1 saturated heterocycles. The van der Waals surface area contributed by atoms with Crippen molar-refractivity contribution >= 4 is 11.6 Å². The zero-order chi connectivity index (χ0) is 11.5. The molecule has 0 unspecified atom stereocenters. The molecule has 0 atom stereocenters. The van der Waals surface area contributed by atoms with Gasteiger partial charge in [0.2, 0.25) is 0 Å². The van der Waals surface area contributed by atoms with Crippen LogP contribution in [0.25, 0.3) is 0 Å².